The van der Waals surface area contributed by atoms with Crippen molar-refractivity contribution in [2.45, 2.75) is 13.0 Å². The Hall–Kier alpha value is -1.64. The van der Waals surface area contributed by atoms with E-state index < -0.39 is 30.8 Å². The molecule has 2 aromatic rings. The smallest absolute Gasteiger partial charge is 0.108 e. The average molecular weight is 276 g/mol. The van der Waals surface area contributed by atoms with E-state index in [0.29, 0.717) is 0 Å². The first-order chi connectivity index (χ1) is 12.4. The van der Waals surface area contributed by atoms with Gasteiger partial charge in [0.05, 0.1) is 16.2 Å². The predicted octanol–water partition coefficient (Wildman–Crippen LogP) is 3.66. The molecule has 2 rings (SSSR count). The maximum absolute atomic E-state index is 9.02. The standard InChI is InChI=1S/C18H23NO/c1-15-9-7-8-12-17(15)18(20-14-13-19(2)3)16-10-5-4-6-11-16/h4-12,18H,13-14H2,1-3H3/i7D,8D,9D,12D,14D2,18D. The number of rotatable bonds is 6. The molecule has 0 aliphatic heterocycles. The van der Waals surface area contributed by atoms with Crippen LogP contribution in [0, 0.1) is 6.92 Å². The molecule has 0 aromatic heterocycles. The molecule has 0 N–H and O–H groups in total. The highest BCUT2D eigenvalue weighted by atomic mass is 16.5. The van der Waals surface area contributed by atoms with E-state index in [1.165, 1.54) is 6.92 Å². The second kappa shape index (κ2) is 7.22. The molecule has 2 aromatic carbocycles. The molecule has 0 fully saturated rings. The van der Waals surface area contributed by atoms with E-state index >= 15 is 0 Å². The summed E-state index contributed by atoms with van der Waals surface area (Å²) in [5, 5.41) is 0. The van der Waals surface area contributed by atoms with E-state index in [1.54, 1.807) is 49.3 Å². The Morgan fingerprint density at radius 2 is 1.95 bits per heavy atom. The van der Waals surface area contributed by atoms with Crippen LogP contribution in [0.4, 0.5) is 0 Å². The van der Waals surface area contributed by atoms with Crippen LogP contribution < -0.4 is 0 Å². The van der Waals surface area contributed by atoms with Crippen LogP contribution in [0.3, 0.4) is 0 Å². The summed E-state index contributed by atoms with van der Waals surface area (Å²) < 4.78 is 63.2. The normalized spacial score (nSPS) is 19.9. The van der Waals surface area contributed by atoms with E-state index in [4.69, 9.17) is 14.3 Å². The van der Waals surface area contributed by atoms with Crippen LogP contribution in [-0.2, 0) is 4.74 Å². The molecule has 0 bridgehead atoms. The topological polar surface area (TPSA) is 12.5 Å². The van der Waals surface area contributed by atoms with Gasteiger partial charge in [-0.2, -0.15) is 0 Å². The van der Waals surface area contributed by atoms with Gasteiger partial charge in [-0.1, -0.05) is 54.5 Å². The largest absolute Gasteiger partial charge is 0.367 e. The van der Waals surface area contributed by atoms with Crippen LogP contribution in [0.5, 0.6) is 0 Å². The second-order valence-electron chi connectivity index (χ2n) is 4.68. The van der Waals surface area contributed by atoms with Crippen molar-refractivity contribution in [3.63, 3.8) is 0 Å². The zero-order valence-electron chi connectivity index (χ0n) is 18.9. The summed E-state index contributed by atoms with van der Waals surface area (Å²) in [5.74, 6) is 0. The minimum atomic E-state index is -2.23. The lowest BCUT2D eigenvalue weighted by Crippen LogP contribution is -2.20. The molecule has 0 aliphatic rings. The molecule has 2 heteroatoms. The zero-order chi connectivity index (χ0) is 20.6. The molecule has 0 spiro atoms. The van der Waals surface area contributed by atoms with Gasteiger partial charge in [-0.25, -0.2) is 0 Å². The van der Waals surface area contributed by atoms with Crippen molar-refractivity contribution in [1.82, 2.24) is 4.90 Å². The Bertz CT molecular complexity index is 797. The number of likely N-dealkylation sites (N-methyl/N-ethyl adjacent to an activating group) is 1. The Balaban J connectivity index is 2.77. The van der Waals surface area contributed by atoms with Gasteiger partial charge in [0.25, 0.3) is 0 Å². The van der Waals surface area contributed by atoms with E-state index in [0.717, 1.165) is 0 Å². The van der Waals surface area contributed by atoms with E-state index in [9.17, 15) is 0 Å². The minimum absolute atomic E-state index is 0.0951. The lowest BCUT2D eigenvalue weighted by molar-refractivity contribution is 0.0683. The van der Waals surface area contributed by atoms with Crippen LogP contribution in [0.15, 0.2) is 54.5 Å². The van der Waals surface area contributed by atoms with Gasteiger partial charge in [0.2, 0.25) is 0 Å². The lowest BCUT2D eigenvalue weighted by atomic mass is 9.97. The fourth-order valence-electron chi connectivity index (χ4n) is 1.68. The second-order valence-corrected chi connectivity index (χ2v) is 4.68. The molecule has 0 aliphatic carbocycles. The Kier molecular flexibility index (Phi) is 2.88. The van der Waals surface area contributed by atoms with Crippen LogP contribution in [0.2, 0.25) is 0 Å². The van der Waals surface area contributed by atoms with Crippen LogP contribution >= 0.6 is 0 Å². The minimum Gasteiger partial charge on any atom is -0.367 e. The molecule has 0 saturated carbocycles. The first kappa shape index (κ1) is 7.96. The molecule has 1 unspecified atom stereocenters. The highest BCUT2D eigenvalue weighted by Crippen LogP contribution is 2.28. The van der Waals surface area contributed by atoms with Crippen molar-refractivity contribution in [1.29, 1.82) is 0 Å². The molecule has 0 saturated heterocycles. The third-order valence-electron chi connectivity index (χ3n) is 2.69. The zero-order valence-corrected chi connectivity index (χ0v) is 11.9. The number of hydrogen-bond donors (Lipinski definition) is 0. The monoisotopic (exact) mass is 276 g/mol. The Morgan fingerprint density at radius 1 is 1.25 bits per heavy atom. The van der Waals surface area contributed by atoms with Gasteiger partial charge in [-0.15, -0.1) is 0 Å². The van der Waals surface area contributed by atoms with Crippen molar-refractivity contribution in [2.75, 3.05) is 27.2 Å². The Morgan fingerprint density at radius 3 is 2.65 bits per heavy atom. The first-order valence-electron chi connectivity index (χ1n) is 9.88. The van der Waals surface area contributed by atoms with Gasteiger partial charge in [0.15, 0.2) is 0 Å². The summed E-state index contributed by atoms with van der Waals surface area (Å²) in [5.41, 5.74) is 0.337. The summed E-state index contributed by atoms with van der Waals surface area (Å²) in [7, 11) is 3.35. The Labute approximate surface area is 131 Å². The van der Waals surface area contributed by atoms with Crippen LogP contribution in [0.25, 0.3) is 0 Å². The third kappa shape index (κ3) is 3.92. The van der Waals surface area contributed by atoms with Gasteiger partial charge in [0.1, 0.15) is 6.08 Å². The fraction of sp³-hybridized carbons (Fsp3) is 0.333. The summed E-state index contributed by atoms with van der Waals surface area (Å²) >= 11 is 0. The fourth-order valence-corrected chi connectivity index (χ4v) is 1.68. The SMILES string of the molecule is [2H]c1c([2H])c([2H])c(C([2H])(OC([2H])([2H])CN(C)C)c2ccccc2)c(C)c1[2H]. The third-order valence-corrected chi connectivity index (χ3v) is 2.69. The van der Waals surface area contributed by atoms with Gasteiger partial charge >= 0.3 is 0 Å². The molecule has 0 radical (unpaired) electrons. The molecular weight excluding hydrogens is 246 g/mol. The van der Waals surface area contributed by atoms with Crippen molar-refractivity contribution in [2.24, 2.45) is 0 Å². The van der Waals surface area contributed by atoms with Crippen molar-refractivity contribution >= 4 is 0 Å². The molecule has 0 heterocycles. The molecule has 0 amide bonds. The van der Waals surface area contributed by atoms with Gasteiger partial charge in [-0.05, 0) is 37.7 Å². The van der Waals surface area contributed by atoms with E-state index in [2.05, 4.69) is 0 Å². The summed E-state index contributed by atoms with van der Waals surface area (Å²) in [6, 6.07) is 6.70. The molecular formula is C18H23NO. The maximum Gasteiger partial charge on any atom is 0.108 e. The number of benzene rings is 2. The molecule has 2 nitrogen and oxygen atoms in total. The average Bonchev–Trinajstić information content (AvgIpc) is 2.57. The predicted molar refractivity (Wildman–Crippen MR) is 84.0 cm³/mol. The van der Waals surface area contributed by atoms with Crippen molar-refractivity contribution < 1.29 is 14.3 Å². The molecule has 106 valence electrons. The number of ether oxygens (including phenoxy) is 1. The first-order valence-corrected chi connectivity index (χ1v) is 6.38. The van der Waals surface area contributed by atoms with Gasteiger partial charge < -0.3 is 9.64 Å². The maximum atomic E-state index is 9.02. The van der Waals surface area contributed by atoms with Crippen LogP contribution in [0.1, 0.15) is 32.4 Å². The highest BCUT2D eigenvalue weighted by molar-refractivity contribution is 5.35. The summed E-state index contributed by atoms with van der Waals surface area (Å²) in [6.45, 7) is -0.862. The molecule has 20 heavy (non-hydrogen) atoms. The van der Waals surface area contributed by atoms with Crippen LogP contribution in [-0.4, -0.2) is 32.1 Å². The number of hydrogen-bond acceptors (Lipinski definition) is 2. The summed E-state index contributed by atoms with van der Waals surface area (Å²) in [6.07, 6.45) is -2.15. The van der Waals surface area contributed by atoms with E-state index in [1.807, 2.05) is 0 Å². The van der Waals surface area contributed by atoms with E-state index in [-0.39, 0.29) is 29.3 Å². The van der Waals surface area contributed by atoms with Crippen molar-refractivity contribution in [3.05, 3.63) is 71.2 Å². The molecule has 1 atom stereocenters. The summed E-state index contributed by atoms with van der Waals surface area (Å²) in [4.78, 5) is 1.58. The number of nitrogens with zero attached hydrogens (tertiary/aromatic N) is 1. The highest BCUT2D eigenvalue weighted by Gasteiger charge is 2.16. The quantitative estimate of drug-likeness (QED) is 0.798. The van der Waals surface area contributed by atoms with Crippen molar-refractivity contribution in [3.8, 4) is 0 Å². The van der Waals surface area contributed by atoms with Gasteiger partial charge in [-0.3, -0.25) is 0 Å². The van der Waals surface area contributed by atoms with Gasteiger partial charge in [0, 0.05) is 6.54 Å². The lowest BCUT2D eigenvalue weighted by Gasteiger charge is -2.22.